The summed E-state index contributed by atoms with van der Waals surface area (Å²) in [5.41, 5.74) is 6.94. The Labute approximate surface area is 225 Å². The highest BCUT2D eigenvalue weighted by Gasteiger charge is 2.33. The molecular formula is C25H33N6O7P. The van der Waals surface area contributed by atoms with Gasteiger partial charge in [-0.1, -0.05) is 6.42 Å². The Balaban J connectivity index is 1.27. The minimum Gasteiger partial charge on any atom is -0.461 e. The number of esters is 1. The molecule has 2 aliphatic rings. The number of aromatic nitrogens is 4. The highest BCUT2D eigenvalue weighted by Crippen LogP contribution is 2.46. The second kappa shape index (κ2) is 11.8. The number of ether oxygens (including phenoxy) is 4. The molecule has 1 saturated carbocycles. The number of hydrogen-bond donors (Lipinski definition) is 2. The van der Waals surface area contributed by atoms with Crippen molar-refractivity contribution in [2.75, 3.05) is 18.9 Å². The van der Waals surface area contributed by atoms with Crippen molar-refractivity contribution in [1.82, 2.24) is 24.6 Å². The van der Waals surface area contributed by atoms with Crippen molar-refractivity contribution in [3.8, 4) is 17.2 Å². The average molecular weight is 561 g/mol. The lowest BCUT2D eigenvalue weighted by molar-refractivity contribution is -0.152. The fourth-order valence-corrected chi connectivity index (χ4v) is 6.36. The van der Waals surface area contributed by atoms with Crippen LogP contribution in [0.2, 0.25) is 0 Å². The molecule has 5 rings (SSSR count). The Hall–Kier alpha value is -3.41. The number of carbonyl (C=O) groups excluding carboxylic acids is 1. The van der Waals surface area contributed by atoms with Gasteiger partial charge in [0.05, 0.1) is 19.0 Å². The molecule has 1 aliphatic heterocycles. The van der Waals surface area contributed by atoms with E-state index in [-0.39, 0.29) is 30.8 Å². The average Bonchev–Trinajstić information content (AvgIpc) is 3.56. The fraction of sp³-hybridized carbons (Fsp3) is 0.520. The third-order valence-electron chi connectivity index (χ3n) is 6.59. The van der Waals surface area contributed by atoms with E-state index in [9.17, 15) is 9.36 Å². The molecular weight excluding hydrogens is 527 g/mol. The number of hydrogen-bond acceptors (Lipinski definition) is 11. The van der Waals surface area contributed by atoms with Gasteiger partial charge in [-0.25, -0.2) is 20.0 Å². The summed E-state index contributed by atoms with van der Waals surface area (Å²) in [6, 6.07) is 4.00. The van der Waals surface area contributed by atoms with Gasteiger partial charge in [-0.15, -0.1) is 0 Å². The molecule has 39 heavy (non-hydrogen) atoms. The topological polar surface area (TPSA) is 162 Å². The Morgan fingerprint density at radius 1 is 1.18 bits per heavy atom. The second-order valence-corrected chi connectivity index (χ2v) is 11.8. The number of benzene rings is 1. The third kappa shape index (κ3) is 6.60. The monoisotopic (exact) mass is 560 g/mol. The maximum absolute atomic E-state index is 14.1. The summed E-state index contributed by atoms with van der Waals surface area (Å²) < 4.78 is 44.2. The number of nitrogens with zero attached hydrogens (tertiary/aromatic N) is 4. The molecule has 2 aromatic heterocycles. The van der Waals surface area contributed by atoms with Gasteiger partial charge in [0.2, 0.25) is 6.79 Å². The number of nitrogens with one attached hydrogen (secondary N) is 1. The molecule has 1 fully saturated rings. The maximum atomic E-state index is 14.1. The lowest BCUT2D eigenvalue weighted by Gasteiger charge is -2.27. The van der Waals surface area contributed by atoms with Crippen LogP contribution in [-0.2, 0) is 25.4 Å². The molecule has 13 nitrogen and oxygen atoms in total. The first-order valence-corrected chi connectivity index (χ1v) is 14.8. The summed E-state index contributed by atoms with van der Waals surface area (Å²) in [6.45, 7) is 3.88. The Kier molecular flexibility index (Phi) is 8.20. The van der Waals surface area contributed by atoms with Crippen LogP contribution in [0.1, 0.15) is 46.0 Å². The number of imidazole rings is 1. The molecule has 1 unspecified atom stereocenters. The molecule has 3 heterocycles. The van der Waals surface area contributed by atoms with E-state index in [1.807, 2.05) is 6.92 Å². The zero-order chi connectivity index (χ0) is 27.4. The van der Waals surface area contributed by atoms with E-state index >= 15 is 0 Å². The molecule has 3 N–H and O–H groups in total. The summed E-state index contributed by atoms with van der Waals surface area (Å²) in [6.07, 6.45) is 6.99. The summed E-state index contributed by atoms with van der Waals surface area (Å²) in [7, 11) is -3.77. The van der Waals surface area contributed by atoms with Gasteiger partial charge in [-0.2, -0.15) is 0 Å². The Morgan fingerprint density at radius 3 is 2.79 bits per heavy atom. The van der Waals surface area contributed by atoms with E-state index < -0.39 is 25.6 Å². The molecule has 0 spiro atoms. The fourth-order valence-electron chi connectivity index (χ4n) is 4.58. The molecule has 3 atom stereocenters. The summed E-state index contributed by atoms with van der Waals surface area (Å²) in [5, 5.41) is 2.86. The van der Waals surface area contributed by atoms with E-state index in [1.165, 1.54) is 6.33 Å². The van der Waals surface area contributed by atoms with E-state index in [0.717, 1.165) is 32.1 Å². The van der Waals surface area contributed by atoms with Gasteiger partial charge in [-0.05, 0) is 51.7 Å². The van der Waals surface area contributed by atoms with Crippen LogP contribution in [0.5, 0.6) is 17.2 Å². The van der Waals surface area contributed by atoms with Gasteiger partial charge in [0.15, 0.2) is 23.0 Å². The zero-order valence-corrected chi connectivity index (χ0v) is 22.8. The Bertz CT molecular complexity index is 1360. The lowest BCUT2D eigenvalue weighted by Crippen LogP contribution is -2.38. The van der Waals surface area contributed by atoms with Crippen LogP contribution in [0.3, 0.4) is 0 Å². The van der Waals surface area contributed by atoms with E-state index in [0.29, 0.717) is 29.2 Å². The van der Waals surface area contributed by atoms with Crippen molar-refractivity contribution in [2.45, 2.75) is 70.7 Å². The summed E-state index contributed by atoms with van der Waals surface area (Å²) in [4.78, 5) is 25.3. The minimum absolute atomic E-state index is 0.0961. The van der Waals surface area contributed by atoms with Gasteiger partial charge in [-0.3, -0.25) is 9.36 Å². The number of nitrogens with two attached hydrogens (primary N) is 1. The van der Waals surface area contributed by atoms with Crippen molar-refractivity contribution in [1.29, 1.82) is 0 Å². The van der Waals surface area contributed by atoms with E-state index in [2.05, 4.69) is 20.0 Å². The number of carbonyl (C=O) groups is 1. The van der Waals surface area contributed by atoms with Crippen LogP contribution >= 0.6 is 7.52 Å². The highest BCUT2D eigenvalue weighted by molar-refractivity contribution is 7.57. The Morgan fingerprint density at radius 2 is 1.97 bits per heavy atom. The van der Waals surface area contributed by atoms with Crippen molar-refractivity contribution in [2.24, 2.45) is 0 Å². The third-order valence-corrected chi connectivity index (χ3v) is 8.36. The predicted octanol–water partition coefficient (Wildman–Crippen LogP) is 3.63. The van der Waals surface area contributed by atoms with Crippen LogP contribution in [0.25, 0.3) is 11.2 Å². The smallest absolute Gasteiger partial charge is 0.342 e. The van der Waals surface area contributed by atoms with E-state index in [4.69, 9.17) is 29.2 Å². The van der Waals surface area contributed by atoms with Crippen LogP contribution < -0.4 is 24.8 Å². The molecule has 3 aromatic rings. The standard InChI is InChI=1S/C25H33N6O7P/c1-16(11-31-13-29-22-23(26)27-12-28-24(22)31)36-15-39(33,38-19-8-9-20-21(10-19)35-14-34-20)30-17(2)25(32)37-18-6-4-3-5-7-18/h8-10,12-13,16-18H,3-7,11,14-15H2,1-2H3,(H,30,33)(H2,26,27,28)/t16-,17-,39?/m1/s1. The molecule has 1 aromatic carbocycles. The number of anilines is 1. The largest absolute Gasteiger partial charge is 0.461 e. The van der Waals surface area contributed by atoms with Crippen LogP contribution in [-0.4, -0.2) is 56.9 Å². The number of rotatable bonds is 11. The molecule has 210 valence electrons. The van der Waals surface area contributed by atoms with Gasteiger partial charge < -0.3 is 33.8 Å². The van der Waals surface area contributed by atoms with Gasteiger partial charge in [0.25, 0.3) is 0 Å². The quantitative estimate of drug-likeness (QED) is 0.259. The highest BCUT2D eigenvalue weighted by atomic mass is 31.2. The minimum atomic E-state index is -3.77. The zero-order valence-electron chi connectivity index (χ0n) is 21.9. The van der Waals surface area contributed by atoms with Crippen LogP contribution in [0.15, 0.2) is 30.9 Å². The second-order valence-electron chi connectivity index (χ2n) is 9.76. The molecule has 0 radical (unpaired) electrons. The van der Waals surface area contributed by atoms with Crippen molar-refractivity contribution in [3.05, 3.63) is 30.9 Å². The first kappa shape index (κ1) is 27.2. The first-order valence-electron chi connectivity index (χ1n) is 13.0. The lowest BCUT2D eigenvalue weighted by atomic mass is 9.98. The first-order chi connectivity index (χ1) is 18.8. The van der Waals surface area contributed by atoms with Crippen molar-refractivity contribution >= 4 is 30.5 Å². The van der Waals surface area contributed by atoms with Gasteiger partial charge in [0, 0.05) is 6.07 Å². The maximum Gasteiger partial charge on any atom is 0.342 e. The van der Waals surface area contributed by atoms with Gasteiger partial charge >= 0.3 is 13.5 Å². The summed E-state index contributed by atoms with van der Waals surface area (Å²) >= 11 is 0. The molecule has 0 amide bonds. The van der Waals surface area contributed by atoms with Gasteiger partial charge in [0.1, 0.15) is 36.1 Å². The summed E-state index contributed by atoms with van der Waals surface area (Å²) in [5.74, 6) is 1.13. The number of fused-ring (bicyclic) bond motifs is 2. The van der Waals surface area contributed by atoms with E-state index in [1.54, 1.807) is 36.0 Å². The number of nitrogen functional groups attached to an aromatic ring is 1. The molecule has 14 heteroatoms. The van der Waals surface area contributed by atoms with Crippen molar-refractivity contribution < 1.29 is 32.8 Å². The van der Waals surface area contributed by atoms with Crippen molar-refractivity contribution in [3.63, 3.8) is 0 Å². The molecule has 0 bridgehead atoms. The van der Waals surface area contributed by atoms with Crippen LogP contribution in [0.4, 0.5) is 5.82 Å². The normalized spacial score (nSPS) is 18.4. The van der Waals surface area contributed by atoms with Crippen LogP contribution in [0, 0.1) is 0 Å². The SMILES string of the molecule is C[C@H](Cn1cnc2c(N)ncnc21)OCP(=O)(N[C@H](C)C(=O)OC1CCCCC1)Oc1ccc2c(c1)OCO2. The molecule has 1 aliphatic carbocycles. The predicted molar refractivity (Wildman–Crippen MR) is 142 cm³/mol. The molecule has 0 saturated heterocycles.